The van der Waals surface area contributed by atoms with Crippen LogP contribution < -0.4 is 5.32 Å². The second-order valence-corrected chi connectivity index (χ2v) is 12.5. The highest BCUT2D eigenvalue weighted by Crippen LogP contribution is 2.34. The summed E-state index contributed by atoms with van der Waals surface area (Å²) >= 11 is 0. The van der Waals surface area contributed by atoms with Crippen molar-refractivity contribution in [2.24, 2.45) is 11.8 Å². The zero-order chi connectivity index (χ0) is 30.2. The Labute approximate surface area is 233 Å². The second-order valence-electron chi connectivity index (χ2n) is 10.5. The molecule has 0 aromatic heterocycles. The Morgan fingerprint density at radius 1 is 0.976 bits per heavy atom. The Hall–Kier alpha value is -2.90. The zero-order valence-corrected chi connectivity index (χ0v) is 22.6. The van der Waals surface area contributed by atoms with E-state index in [-0.39, 0.29) is 50.6 Å². The third kappa shape index (κ3) is 7.12. The summed E-state index contributed by atoms with van der Waals surface area (Å²) in [6.07, 6.45) is -9.64. The number of hydrogen-bond acceptors (Lipinski definition) is 5. The van der Waals surface area contributed by atoms with Crippen LogP contribution in [0.2, 0.25) is 0 Å². The van der Waals surface area contributed by atoms with Crippen LogP contribution in [0.15, 0.2) is 24.3 Å². The monoisotopic (exact) mass is 609 g/mol. The lowest BCUT2D eigenvalue weighted by Gasteiger charge is -2.41. The smallest absolute Gasteiger partial charge is 0.347 e. The minimum atomic E-state index is -4.74. The number of carbonyl (C=O) groups excluding carboxylic acids is 2. The fraction of sp³-hybridized carbons (Fsp3) is 0.640. The van der Waals surface area contributed by atoms with Gasteiger partial charge < -0.3 is 10.2 Å². The van der Waals surface area contributed by atoms with Gasteiger partial charge in [-0.05, 0) is 43.4 Å². The number of halogens is 6. The number of amides is 2. The summed E-state index contributed by atoms with van der Waals surface area (Å²) < 4.78 is 107. The van der Waals surface area contributed by atoms with Crippen LogP contribution in [0.25, 0.3) is 0 Å². The maximum atomic E-state index is 13.4. The second kappa shape index (κ2) is 11.8. The predicted octanol–water partition coefficient (Wildman–Crippen LogP) is 3.22. The zero-order valence-electron chi connectivity index (χ0n) is 21.8. The standard InChI is InChI=1S/C25H29F6N5O4S/c26-24(27,28)11-20(17-5-7-19(8-6-17)25(29,30)31)33-22(37)21-4-2-10-36(21)23(38)18-3-1-9-34(15-18)41(39,40)35-13-16(12-32)14-35/h5-8,16,18,20-21H,1-4,9-11,13-15H2,(H,33,37)/t18-,20?,21+/m0/s1. The first-order valence-corrected chi connectivity index (χ1v) is 14.5. The van der Waals surface area contributed by atoms with Crippen molar-refractivity contribution < 1.29 is 44.3 Å². The molecular formula is C25H29F6N5O4S. The molecule has 1 N–H and O–H groups in total. The molecule has 3 saturated heterocycles. The molecule has 0 bridgehead atoms. The molecule has 1 aromatic carbocycles. The fourth-order valence-corrected chi connectivity index (χ4v) is 7.21. The molecule has 3 fully saturated rings. The van der Waals surface area contributed by atoms with E-state index in [1.54, 1.807) is 0 Å². The predicted molar refractivity (Wildman–Crippen MR) is 132 cm³/mol. The first-order chi connectivity index (χ1) is 19.1. The van der Waals surface area contributed by atoms with Crippen molar-refractivity contribution in [2.45, 2.75) is 56.5 Å². The molecule has 1 unspecified atom stereocenters. The molecule has 2 amide bonds. The minimum absolute atomic E-state index is 0.0698. The van der Waals surface area contributed by atoms with Gasteiger partial charge in [0.1, 0.15) is 6.04 Å². The minimum Gasteiger partial charge on any atom is -0.347 e. The van der Waals surface area contributed by atoms with Crippen molar-refractivity contribution in [1.82, 2.24) is 18.8 Å². The quantitative estimate of drug-likeness (QED) is 0.477. The molecule has 3 heterocycles. The van der Waals surface area contributed by atoms with Gasteiger partial charge in [-0.15, -0.1) is 0 Å². The molecule has 3 atom stereocenters. The molecule has 0 saturated carbocycles. The van der Waals surface area contributed by atoms with E-state index in [0.29, 0.717) is 31.4 Å². The Kier molecular flexibility index (Phi) is 8.91. The van der Waals surface area contributed by atoms with Crippen molar-refractivity contribution in [1.29, 1.82) is 5.26 Å². The topological polar surface area (TPSA) is 114 Å². The number of nitrogens with one attached hydrogen (secondary N) is 1. The van der Waals surface area contributed by atoms with E-state index in [4.69, 9.17) is 5.26 Å². The molecular weight excluding hydrogens is 580 g/mol. The van der Waals surface area contributed by atoms with Gasteiger partial charge in [0, 0.05) is 32.7 Å². The molecule has 0 spiro atoms. The summed E-state index contributed by atoms with van der Waals surface area (Å²) in [6, 6.07) is 2.26. The Bertz CT molecular complexity index is 1280. The number of piperidine rings is 1. The Morgan fingerprint density at radius 2 is 1.61 bits per heavy atom. The summed E-state index contributed by atoms with van der Waals surface area (Å²) in [7, 11) is -3.88. The largest absolute Gasteiger partial charge is 0.416 e. The highest BCUT2D eigenvalue weighted by atomic mass is 32.2. The summed E-state index contributed by atoms with van der Waals surface area (Å²) in [4.78, 5) is 27.9. The first-order valence-electron chi connectivity index (χ1n) is 13.1. The Morgan fingerprint density at radius 3 is 2.20 bits per heavy atom. The first kappa shape index (κ1) is 31.0. The lowest BCUT2D eigenvalue weighted by molar-refractivity contribution is -0.147. The molecule has 16 heteroatoms. The van der Waals surface area contributed by atoms with E-state index in [2.05, 4.69) is 5.32 Å². The van der Waals surface area contributed by atoms with E-state index in [0.717, 1.165) is 12.1 Å². The van der Waals surface area contributed by atoms with Gasteiger partial charge in [-0.3, -0.25) is 9.59 Å². The molecule has 3 aliphatic heterocycles. The van der Waals surface area contributed by atoms with Gasteiger partial charge in [0.05, 0.1) is 35.9 Å². The summed E-state index contributed by atoms with van der Waals surface area (Å²) in [6.45, 7) is 0.360. The van der Waals surface area contributed by atoms with E-state index in [9.17, 15) is 44.3 Å². The molecule has 0 radical (unpaired) electrons. The molecule has 226 valence electrons. The number of alkyl halides is 6. The molecule has 41 heavy (non-hydrogen) atoms. The van der Waals surface area contributed by atoms with Crippen molar-refractivity contribution in [3.05, 3.63) is 35.4 Å². The molecule has 0 aliphatic carbocycles. The maximum absolute atomic E-state index is 13.4. The average molecular weight is 610 g/mol. The highest BCUT2D eigenvalue weighted by Gasteiger charge is 2.44. The average Bonchev–Trinajstić information content (AvgIpc) is 3.36. The maximum Gasteiger partial charge on any atom is 0.416 e. The van der Waals surface area contributed by atoms with E-state index >= 15 is 0 Å². The number of nitrogens with zero attached hydrogens (tertiary/aromatic N) is 4. The molecule has 3 aliphatic rings. The van der Waals surface area contributed by atoms with Gasteiger partial charge in [0.25, 0.3) is 10.2 Å². The van der Waals surface area contributed by atoms with Crippen molar-refractivity contribution in [3.63, 3.8) is 0 Å². The van der Waals surface area contributed by atoms with Gasteiger partial charge in [-0.2, -0.15) is 48.6 Å². The highest BCUT2D eigenvalue weighted by molar-refractivity contribution is 7.86. The number of carbonyl (C=O) groups is 2. The van der Waals surface area contributed by atoms with Crippen LogP contribution in [0.1, 0.15) is 49.3 Å². The van der Waals surface area contributed by atoms with Crippen molar-refractivity contribution in [3.8, 4) is 6.07 Å². The SMILES string of the molecule is N#CC1CN(S(=O)(=O)N2CCC[C@H](C(=O)N3CCC[C@@H]3C(=O)NC(CC(F)(F)F)c3ccc(C(F)(F)F)cc3)C2)C1. The van der Waals surface area contributed by atoms with Gasteiger partial charge in [0.15, 0.2) is 0 Å². The number of nitriles is 1. The van der Waals surface area contributed by atoms with Crippen LogP contribution in [-0.4, -0.2) is 78.7 Å². The lowest BCUT2D eigenvalue weighted by atomic mass is 9.97. The number of hydrogen-bond donors (Lipinski definition) is 1. The number of benzene rings is 1. The van der Waals surface area contributed by atoms with Gasteiger partial charge in [-0.1, -0.05) is 12.1 Å². The summed E-state index contributed by atoms with van der Waals surface area (Å²) in [5.74, 6) is -2.50. The number of rotatable bonds is 7. The van der Waals surface area contributed by atoms with Crippen molar-refractivity contribution in [2.75, 3.05) is 32.7 Å². The van der Waals surface area contributed by atoms with Crippen LogP contribution in [0.5, 0.6) is 0 Å². The molecule has 9 nitrogen and oxygen atoms in total. The third-order valence-electron chi connectivity index (χ3n) is 7.65. The van der Waals surface area contributed by atoms with Gasteiger partial charge in [-0.25, -0.2) is 0 Å². The normalized spacial score (nSPS) is 24.0. The van der Waals surface area contributed by atoms with Crippen LogP contribution in [0, 0.1) is 23.2 Å². The molecule has 4 rings (SSSR count). The molecule has 1 aromatic rings. The van der Waals surface area contributed by atoms with Gasteiger partial charge >= 0.3 is 12.4 Å². The van der Waals surface area contributed by atoms with Gasteiger partial charge in [0.2, 0.25) is 11.8 Å². The summed E-state index contributed by atoms with van der Waals surface area (Å²) in [5.41, 5.74) is -1.22. The fourth-order valence-electron chi connectivity index (χ4n) is 5.42. The lowest BCUT2D eigenvalue weighted by Crippen LogP contribution is -2.57. The van der Waals surface area contributed by atoms with E-state index in [1.807, 2.05) is 6.07 Å². The summed E-state index contributed by atoms with van der Waals surface area (Å²) in [5, 5.41) is 11.2. The van der Waals surface area contributed by atoms with Crippen LogP contribution in [-0.2, 0) is 26.0 Å². The van der Waals surface area contributed by atoms with E-state index < -0.39 is 64.4 Å². The Balaban J connectivity index is 1.45. The third-order valence-corrected chi connectivity index (χ3v) is 9.58. The van der Waals surface area contributed by atoms with Crippen LogP contribution in [0.3, 0.4) is 0 Å². The van der Waals surface area contributed by atoms with E-state index in [1.165, 1.54) is 13.5 Å². The van der Waals surface area contributed by atoms with Crippen LogP contribution in [0.4, 0.5) is 26.3 Å². The number of likely N-dealkylation sites (tertiary alicyclic amines) is 1. The van der Waals surface area contributed by atoms with Crippen molar-refractivity contribution >= 4 is 22.0 Å². The van der Waals surface area contributed by atoms with Crippen LogP contribution >= 0.6 is 0 Å².